The molecular formula is C19H17BrN4O4S. The van der Waals surface area contributed by atoms with E-state index >= 15 is 0 Å². The number of piperazine rings is 1. The molecule has 3 aromatic rings. The van der Waals surface area contributed by atoms with Crippen LogP contribution in [0, 0.1) is 10.1 Å². The van der Waals surface area contributed by atoms with Crippen molar-refractivity contribution < 1.29 is 13.3 Å². The SMILES string of the molecule is O=[N+]([O-])c1ccc(N2CCN(S(=O)(=O)c3cccc(Br)c3)CC2)c2ncccc12. The van der Waals surface area contributed by atoms with Crippen LogP contribution in [0.3, 0.4) is 0 Å². The van der Waals surface area contributed by atoms with Gasteiger partial charge in [0.25, 0.3) is 5.69 Å². The lowest BCUT2D eigenvalue weighted by Gasteiger charge is -2.35. The van der Waals surface area contributed by atoms with E-state index in [1.165, 1.54) is 10.4 Å². The summed E-state index contributed by atoms with van der Waals surface area (Å²) in [5.41, 5.74) is 1.32. The van der Waals surface area contributed by atoms with Gasteiger partial charge in [0.1, 0.15) is 5.52 Å². The maximum atomic E-state index is 12.9. The molecule has 1 saturated heterocycles. The van der Waals surface area contributed by atoms with Crippen molar-refractivity contribution in [2.24, 2.45) is 0 Å². The lowest BCUT2D eigenvalue weighted by atomic mass is 10.1. The zero-order valence-electron chi connectivity index (χ0n) is 15.2. The number of hydrogen-bond donors (Lipinski definition) is 0. The van der Waals surface area contributed by atoms with Gasteiger partial charge in [-0.05, 0) is 36.4 Å². The molecule has 0 aliphatic carbocycles. The van der Waals surface area contributed by atoms with Crippen LogP contribution in [0.5, 0.6) is 0 Å². The lowest BCUT2D eigenvalue weighted by molar-refractivity contribution is -0.383. The number of nitro benzene ring substituents is 1. The van der Waals surface area contributed by atoms with Gasteiger partial charge in [-0.1, -0.05) is 22.0 Å². The van der Waals surface area contributed by atoms with Crippen LogP contribution < -0.4 is 4.90 Å². The maximum absolute atomic E-state index is 12.9. The highest BCUT2D eigenvalue weighted by Gasteiger charge is 2.29. The van der Waals surface area contributed by atoms with Crippen LogP contribution in [-0.4, -0.2) is 48.8 Å². The monoisotopic (exact) mass is 476 g/mol. The molecule has 150 valence electrons. The summed E-state index contributed by atoms with van der Waals surface area (Å²) in [6.07, 6.45) is 1.60. The van der Waals surface area contributed by atoms with Crippen molar-refractivity contribution in [3.8, 4) is 0 Å². The largest absolute Gasteiger partial charge is 0.367 e. The van der Waals surface area contributed by atoms with Crippen molar-refractivity contribution in [3.63, 3.8) is 0 Å². The first-order chi connectivity index (χ1) is 13.9. The highest BCUT2D eigenvalue weighted by molar-refractivity contribution is 9.10. The minimum atomic E-state index is -3.58. The van der Waals surface area contributed by atoms with Crippen LogP contribution in [-0.2, 0) is 10.0 Å². The molecule has 0 unspecified atom stereocenters. The molecular weight excluding hydrogens is 460 g/mol. The van der Waals surface area contributed by atoms with E-state index in [4.69, 9.17) is 0 Å². The van der Waals surface area contributed by atoms with Gasteiger partial charge in [-0.2, -0.15) is 4.31 Å². The standard InChI is InChI=1S/C19H17BrN4O4S/c20-14-3-1-4-15(13-14)29(27,28)23-11-9-22(10-12-23)18-7-6-17(24(25)26)16-5-2-8-21-19(16)18/h1-8,13H,9-12H2. The van der Waals surface area contributed by atoms with Gasteiger partial charge in [0.15, 0.2) is 0 Å². The van der Waals surface area contributed by atoms with Crippen LogP contribution in [0.25, 0.3) is 10.9 Å². The molecule has 10 heteroatoms. The minimum absolute atomic E-state index is 0.00715. The van der Waals surface area contributed by atoms with Crippen molar-refractivity contribution in [2.75, 3.05) is 31.1 Å². The Balaban J connectivity index is 1.59. The smallest absolute Gasteiger partial charge is 0.278 e. The summed E-state index contributed by atoms with van der Waals surface area (Å²) in [5.74, 6) is 0. The molecule has 0 radical (unpaired) electrons. The van der Waals surface area contributed by atoms with Gasteiger partial charge in [0, 0.05) is 42.9 Å². The Labute approximate surface area is 176 Å². The fourth-order valence-electron chi connectivity index (χ4n) is 3.50. The summed E-state index contributed by atoms with van der Waals surface area (Å²) in [6, 6.07) is 13.2. The highest BCUT2D eigenvalue weighted by atomic mass is 79.9. The molecule has 4 rings (SSSR count). The van der Waals surface area contributed by atoms with Crippen LogP contribution in [0.15, 0.2) is 64.1 Å². The maximum Gasteiger partial charge on any atom is 0.278 e. The average molecular weight is 477 g/mol. The molecule has 0 N–H and O–H groups in total. The van der Waals surface area contributed by atoms with Gasteiger partial charge in [-0.15, -0.1) is 0 Å². The fraction of sp³-hybridized carbons (Fsp3) is 0.211. The number of sulfonamides is 1. The van der Waals surface area contributed by atoms with Crippen molar-refractivity contribution in [1.29, 1.82) is 0 Å². The van der Waals surface area contributed by atoms with E-state index in [1.54, 1.807) is 48.7 Å². The van der Waals surface area contributed by atoms with Gasteiger partial charge >= 0.3 is 0 Å². The van der Waals surface area contributed by atoms with Crippen LogP contribution in [0.1, 0.15) is 0 Å². The second kappa shape index (κ2) is 7.69. The first-order valence-electron chi connectivity index (χ1n) is 8.91. The first kappa shape index (κ1) is 19.7. The number of pyridine rings is 1. The second-order valence-corrected chi connectivity index (χ2v) is 9.46. The van der Waals surface area contributed by atoms with Gasteiger partial charge in [0.05, 0.1) is 20.9 Å². The molecule has 2 aromatic carbocycles. The number of halogens is 1. The third-order valence-electron chi connectivity index (χ3n) is 4.94. The molecule has 1 aliphatic rings. The van der Waals surface area contributed by atoms with Crippen LogP contribution in [0.2, 0.25) is 0 Å². The second-order valence-electron chi connectivity index (χ2n) is 6.61. The third kappa shape index (κ3) is 3.70. The lowest BCUT2D eigenvalue weighted by Crippen LogP contribution is -2.48. The van der Waals surface area contributed by atoms with Gasteiger partial charge < -0.3 is 4.90 Å². The number of non-ortho nitro benzene ring substituents is 1. The molecule has 29 heavy (non-hydrogen) atoms. The Bertz CT molecular complexity index is 1190. The third-order valence-corrected chi connectivity index (χ3v) is 7.32. The summed E-state index contributed by atoms with van der Waals surface area (Å²) in [4.78, 5) is 17.5. The van der Waals surface area contributed by atoms with Crippen molar-refractivity contribution in [2.45, 2.75) is 4.90 Å². The first-order valence-corrected chi connectivity index (χ1v) is 11.1. The molecule has 2 heterocycles. The molecule has 0 amide bonds. The summed E-state index contributed by atoms with van der Waals surface area (Å²) < 4.78 is 28.0. The number of hydrogen-bond acceptors (Lipinski definition) is 6. The molecule has 0 spiro atoms. The minimum Gasteiger partial charge on any atom is -0.367 e. The van der Waals surface area contributed by atoms with Gasteiger partial charge in [-0.3, -0.25) is 15.1 Å². The van der Waals surface area contributed by atoms with E-state index in [2.05, 4.69) is 20.9 Å². The number of aromatic nitrogens is 1. The van der Waals surface area contributed by atoms with E-state index < -0.39 is 14.9 Å². The quantitative estimate of drug-likeness (QED) is 0.422. The number of benzene rings is 2. The molecule has 8 nitrogen and oxygen atoms in total. The topological polar surface area (TPSA) is 96.6 Å². The van der Waals surface area contributed by atoms with Crippen molar-refractivity contribution in [1.82, 2.24) is 9.29 Å². The molecule has 0 bridgehead atoms. The summed E-state index contributed by atoms with van der Waals surface area (Å²) in [6.45, 7) is 1.58. The van der Waals surface area contributed by atoms with Crippen LogP contribution in [0.4, 0.5) is 11.4 Å². The van der Waals surface area contributed by atoms with E-state index in [0.29, 0.717) is 41.6 Å². The number of fused-ring (bicyclic) bond motifs is 1. The predicted octanol–water partition coefficient (Wildman–Crippen LogP) is 3.42. The number of anilines is 1. The van der Waals surface area contributed by atoms with Crippen molar-refractivity contribution in [3.05, 3.63) is 69.3 Å². The van der Waals surface area contributed by atoms with Crippen molar-refractivity contribution >= 4 is 48.2 Å². The highest BCUT2D eigenvalue weighted by Crippen LogP contribution is 2.33. The zero-order valence-corrected chi connectivity index (χ0v) is 17.6. The Morgan fingerprint density at radius 2 is 1.79 bits per heavy atom. The van der Waals surface area contributed by atoms with E-state index in [0.717, 1.165) is 5.69 Å². The molecule has 1 aromatic heterocycles. The molecule has 0 atom stereocenters. The Hall–Kier alpha value is -2.56. The van der Waals surface area contributed by atoms with E-state index in [9.17, 15) is 18.5 Å². The van der Waals surface area contributed by atoms with E-state index in [-0.39, 0.29) is 10.6 Å². The van der Waals surface area contributed by atoms with Gasteiger partial charge in [-0.25, -0.2) is 8.42 Å². The molecule has 0 saturated carbocycles. The Kier molecular flexibility index (Phi) is 5.24. The summed E-state index contributed by atoms with van der Waals surface area (Å²) in [7, 11) is -3.58. The average Bonchev–Trinajstić information content (AvgIpc) is 2.73. The Morgan fingerprint density at radius 1 is 1.03 bits per heavy atom. The number of rotatable bonds is 4. The van der Waals surface area contributed by atoms with Crippen LogP contribution >= 0.6 is 15.9 Å². The Morgan fingerprint density at radius 3 is 2.48 bits per heavy atom. The van der Waals surface area contributed by atoms with E-state index in [1.807, 2.05) is 4.90 Å². The van der Waals surface area contributed by atoms with Gasteiger partial charge in [0.2, 0.25) is 10.0 Å². The number of nitrogens with zero attached hydrogens (tertiary/aromatic N) is 4. The molecule has 1 aliphatic heterocycles. The number of nitro groups is 1. The summed E-state index contributed by atoms with van der Waals surface area (Å²) in [5, 5.41) is 11.8. The predicted molar refractivity (Wildman–Crippen MR) is 114 cm³/mol. The normalized spacial score (nSPS) is 15.6. The summed E-state index contributed by atoms with van der Waals surface area (Å²) >= 11 is 3.31. The fourth-order valence-corrected chi connectivity index (χ4v) is 5.52. The molecule has 1 fully saturated rings. The zero-order chi connectivity index (χ0) is 20.6.